The van der Waals surface area contributed by atoms with Crippen LogP contribution >= 0.6 is 0 Å². The van der Waals surface area contributed by atoms with E-state index in [0.29, 0.717) is 48.2 Å². The predicted octanol–water partition coefficient (Wildman–Crippen LogP) is 3.34. The molecule has 0 radical (unpaired) electrons. The molecular weight excluding hydrogens is 462 g/mol. The van der Waals surface area contributed by atoms with Gasteiger partial charge in [0, 0.05) is 13.0 Å². The number of ether oxygens (including phenoxy) is 2. The van der Waals surface area contributed by atoms with E-state index in [-0.39, 0.29) is 17.5 Å². The number of carboxylic acids is 1. The highest BCUT2D eigenvalue weighted by atomic mass is 16.5. The average Bonchev–Trinajstić information content (AvgIpc) is 3.32. The SMILES string of the molecule is CCOc1cc(-c2ccc(OCCN(C)C)c(CCC(=O)O)c2)ccc1-c1nc2[nH]cnc2c(=O)[nH]1. The quantitative estimate of drug-likeness (QED) is 0.291. The van der Waals surface area contributed by atoms with Gasteiger partial charge in [0.25, 0.3) is 5.56 Å². The molecule has 2 aromatic heterocycles. The van der Waals surface area contributed by atoms with Crippen LogP contribution in [0, 0.1) is 0 Å². The molecule has 4 rings (SSSR count). The number of carboxylic acid groups (broad SMARTS) is 1. The zero-order valence-corrected chi connectivity index (χ0v) is 20.5. The zero-order valence-electron chi connectivity index (χ0n) is 20.5. The Morgan fingerprint density at radius 3 is 2.61 bits per heavy atom. The molecule has 0 atom stereocenters. The third kappa shape index (κ3) is 5.72. The van der Waals surface area contributed by atoms with Gasteiger partial charge in [0.15, 0.2) is 11.2 Å². The second-order valence-corrected chi connectivity index (χ2v) is 8.53. The van der Waals surface area contributed by atoms with E-state index in [4.69, 9.17) is 9.47 Å². The fraction of sp³-hybridized carbons (Fsp3) is 0.308. The number of nitrogens with zero attached hydrogens (tertiary/aromatic N) is 3. The zero-order chi connectivity index (χ0) is 25.7. The maximum atomic E-state index is 12.4. The van der Waals surface area contributed by atoms with Crippen LogP contribution in [0.5, 0.6) is 11.5 Å². The molecule has 0 unspecified atom stereocenters. The molecular formula is C26H29N5O5. The van der Waals surface area contributed by atoms with Gasteiger partial charge in [-0.2, -0.15) is 0 Å². The van der Waals surface area contributed by atoms with Gasteiger partial charge in [-0.25, -0.2) is 9.97 Å². The number of nitrogens with one attached hydrogen (secondary N) is 2. The van der Waals surface area contributed by atoms with Gasteiger partial charge in [-0.15, -0.1) is 0 Å². The molecule has 10 nitrogen and oxygen atoms in total. The first-order valence-corrected chi connectivity index (χ1v) is 11.7. The number of benzene rings is 2. The lowest BCUT2D eigenvalue weighted by Gasteiger charge is -2.16. The van der Waals surface area contributed by atoms with Crippen LogP contribution in [0.25, 0.3) is 33.7 Å². The smallest absolute Gasteiger partial charge is 0.303 e. The maximum Gasteiger partial charge on any atom is 0.303 e. The van der Waals surface area contributed by atoms with Crippen LogP contribution in [0.4, 0.5) is 0 Å². The summed E-state index contributed by atoms with van der Waals surface area (Å²) in [5.41, 5.74) is 3.55. The molecule has 2 aromatic carbocycles. The Labute approximate surface area is 207 Å². The summed E-state index contributed by atoms with van der Waals surface area (Å²) in [6.07, 6.45) is 1.79. The molecule has 188 valence electrons. The number of likely N-dealkylation sites (N-methyl/N-ethyl adjacent to an activating group) is 1. The molecule has 0 amide bonds. The first kappa shape index (κ1) is 24.9. The van der Waals surface area contributed by atoms with E-state index in [9.17, 15) is 14.7 Å². The lowest BCUT2D eigenvalue weighted by Crippen LogP contribution is -2.19. The monoisotopic (exact) mass is 491 g/mol. The van der Waals surface area contributed by atoms with Gasteiger partial charge in [-0.1, -0.05) is 12.1 Å². The summed E-state index contributed by atoms with van der Waals surface area (Å²) in [5.74, 6) is 0.755. The van der Waals surface area contributed by atoms with Crippen LogP contribution in [-0.2, 0) is 11.2 Å². The molecule has 10 heteroatoms. The number of aryl methyl sites for hydroxylation is 1. The molecule has 0 saturated carbocycles. The molecule has 2 heterocycles. The summed E-state index contributed by atoms with van der Waals surface area (Å²) >= 11 is 0. The number of aromatic nitrogens is 4. The van der Waals surface area contributed by atoms with Crippen molar-refractivity contribution < 1.29 is 19.4 Å². The molecule has 4 aromatic rings. The summed E-state index contributed by atoms with van der Waals surface area (Å²) < 4.78 is 11.8. The number of carbonyl (C=O) groups is 1. The highest BCUT2D eigenvalue weighted by molar-refractivity contribution is 5.77. The van der Waals surface area contributed by atoms with Gasteiger partial charge in [0.1, 0.15) is 23.9 Å². The van der Waals surface area contributed by atoms with Crippen molar-refractivity contribution in [3.8, 4) is 34.0 Å². The number of imidazole rings is 1. The Bertz CT molecular complexity index is 1430. The number of fused-ring (bicyclic) bond motifs is 1. The van der Waals surface area contributed by atoms with E-state index in [1.165, 1.54) is 6.33 Å². The summed E-state index contributed by atoms with van der Waals surface area (Å²) in [4.78, 5) is 39.8. The molecule has 0 aliphatic heterocycles. The third-order valence-electron chi connectivity index (χ3n) is 5.62. The number of H-pyrrole nitrogens is 2. The minimum Gasteiger partial charge on any atom is -0.493 e. The predicted molar refractivity (Wildman–Crippen MR) is 137 cm³/mol. The van der Waals surface area contributed by atoms with E-state index in [1.54, 1.807) is 0 Å². The van der Waals surface area contributed by atoms with E-state index < -0.39 is 5.97 Å². The highest BCUT2D eigenvalue weighted by Gasteiger charge is 2.15. The summed E-state index contributed by atoms with van der Waals surface area (Å²) in [7, 11) is 3.94. The Balaban J connectivity index is 1.70. The van der Waals surface area contributed by atoms with Gasteiger partial charge in [0.05, 0.1) is 18.5 Å². The molecule has 0 spiro atoms. The fourth-order valence-electron chi connectivity index (χ4n) is 3.82. The van der Waals surface area contributed by atoms with Crippen LogP contribution < -0.4 is 15.0 Å². The molecule has 0 aliphatic rings. The normalized spacial score (nSPS) is 11.2. The lowest BCUT2D eigenvalue weighted by atomic mass is 9.98. The second-order valence-electron chi connectivity index (χ2n) is 8.53. The van der Waals surface area contributed by atoms with Crippen molar-refractivity contribution in [3.63, 3.8) is 0 Å². The summed E-state index contributed by atoms with van der Waals surface area (Å²) in [5, 5.41) is 9.21. The lowest BCUT2D eigenvalue weighted by molar-refractivity contribution is -0.136. The number of aliphatic carboxylic acids is 1. The van der Waals surface area contributed by atoms with Crippen molar-refractivity contribution in [1.82, 2.24) is 24.8 Å². The van der Waals surface area contributed by atoms with Crippen molar-refractivity contribution >= 4 is 17.1 Å². The van der Waals surface area contributed by atoms with Crippen LogP contribution in [-0.4, -0.2) is 69.8 Å². The van der Waals surface area contributed by atoms with Crippen LogP contribution in [0.1, 0.15) is 18.9 Å². The second kappa shape index (κ2) is 11.0. The molecule has 0 fully saturated rings. The fourth-order valence-corrected chi connectivity index (χ4v) is 3.82. The number of rotatable bonds is 11. The van der Waals surface area contributed by atoms with Gasteiger partial charge >= 0.3 is 5.97 Å². The number of hydrogen-bond donors (Lipinski definition) is 3. The Hall–Kier alpha value is -4.18. The molecule has 0 aliphatic carbocycles. The van der Waals surface area contributed by atoms with Crippen LogP contribution in [0.2, 0.25) is 0 Å². The van der Waals surface area contributed by atoms with E-state index >= 15 is 0 Å². The standard InChI is InChI=1S/C26H29N5O5/c1-4-35-21-14-17(5-8-19(21)24-29-25-23(26(34)30-24)27-15-28-25)16-6-9-20(36-12-11-31(2)3)18(13-16)7-10-22(32)33/h5-6,8-9,13-15H,4,7,10-12H2,1-3H3,(H,32,33)(H2,27,28,29,30,34). The topological polar surface area (TPSA) is 133 Å². The largest absolute Gasteiger partial charge is 0.493 e. The van der Waals surface area contributed by atoms with E-state index in [2.05, 4.69) is 19.9 Å². The minimum atomic E-state index is -0.863. The van der Waals surface area contributed by atoms with Crippen molar-refractivity contribution in [2.75, 3.05) is 33.9 Å². The van der Waals surface area contributed by atoms with Crippen molar-refractivity contribution in [2.24, 2.45) is 0 Å². The minimum absolute atomic E-state index is 0.00569. The van der Waals surface area contributed by atoms with Crippen LogP contribution in [0.3, 0.4) is 0 Å². The first-order valence-electron chi connectivity index (χ1n) is 11.7. The molecule has 36 heavy (non-hydrogen) atoms. The van der Waals surface area contributed by atoms with Gasteiger partial charge in [0.2, 0.25) is 0 Å². The number of aromatic amines is 2. The highest BCUT2D eigenvalue weighted by Crippen LogP contribution is 2.35. The summed E-state index contributed by atoms with van der Waals surface area (Å²) in [6, 6.07) is 11.4. The Kier molecular flexibility index (Phi) is 7.65. The van der Waals surface area contributed by atoms with Gasteiger partial charge in [-0.05, 0) is 68.4 Å². The average molecular weight is 492 g/mol. The van der Waals surface area contributed by atoms with Crippen molar-refractivity contribution in [3.05, 3.63) is 58.6 Å². The van der Waals surface area contributed by atoms with Crippen LogP contribution in [0.15, 0.2) is 47.5 Å². The van der Waals surface area contributed by atoms with Gasteiger partial charge < -0.3 is 29.4 Å². The van der Waals surface area contributed by atoms with Gasteiger partial charge in [-0.3, -0.25) is 9.59 Å². The molecule has 0 bridgehead atoms. The van der Waals surface area contributed by atoms with Crippen molar-refractivity contribution in [1.29, 1.82) is 0 Å². The van der Waals surface area contributed by atoms with E-state index in [1.807, 2.05) is 62.3 Å². The third-order valence-corrected chi connectivity index (χ3v) is 5.62. The molecule has 3 N–H and O–H groups in total. The Morgan fingerprint density at radius 2 is 1.86 bits per heavy atom. The summed E-state index contributed by atoms with van der Waals surface area (Å²) in [6.45, 7) is 3.56. The van der Waals surface area contributed by atoms with E-state index in [0.717, 1.165) is 23.2 Å². The molecule has 0 saturated heterocycles. The number of hydrogen-bond acceptors (Lipinski definition) is 7. The van der Waals surface area contributed by atoms with Crippen molar-refractivity contribution in [2.45, 2.75) is 19.8 Å². The first-order chi connectivity index (χ1) is 17.4. The Morgan fingerprint density at radius 1 is 1.08 bits per heavy atom. The maximum absolute atomic E-state index is 12.4.